The number of carbonyl (C=O) groups excluding carboxylic acids is 1. The van der Waals surface area contributed by atoms with Crippen molar-refractivity contribution in [2.75, 3.05) is 26.0 Å². The molecule has 1 aliphatic heterocycles. The van der Waals surface area contributed by atoms with Gasteiger partial charge in [-0.2, -0.15) is 5.10 Å². The van der Waals surface area contributed by atoms with Gasteiger partial charge in [0.15, 0.2) is 0 Å². The Hall–Kier alpha value is -2.34. The Kier molecular flexibility index (Phi) is 4.32. The molecule has 0 fully saturated rings. The van der Waals surface area contributed by atoms with Crippen LogP contribution in [0.4, 0.5) is 5.69 Å². The number of ether oxygens (including phenoxy) is 1. The molecule has 6 heteroatoms. The van der Waals surface area contributed by atoms with Crippen molar-refractivity contribution >= 4 is 11.6 Å². The number of hydrogen-bond acceptors (Lipinski definition) is 4. The molecule has 0 spiro atoms. The van der Waals surface area contributed by atoms with Gasteiger partial charge in [-0.3, -0.25) is 9.48 Å². The molecule has 128 valence electrons. The van der Waals surface area contributed by atoms with E-state index in [1.807, 2.05) is 37.1 Å². The van der Waals surface area contributed by atoms with E-state index < -0.39 is 0 Å². The van der Waals surface area contributed by atoms with E-state index in [9.17, 15) is 4.79 Å². The Labute approximate surface area is 142 Å². The summed E-state index contributed by atoms with van der Waals surface area (Å²) in [6.45, 7) is 5.79. The van der Waals surface area contributed by atoms with E-state index in [1.54, 1.807) is 12.3 Å². The second-order valence-corrected chi connectivity index (χ2v) is 7.11. The van der Waals surface area contributed by atoms with E-state index in [-0.39, 0.29) is 11.5 Å². The quantitative estimate of drug-likeness (QED) is 0.916. The summed E-state index contributed by atoms with van der Waals surface area (Å²) in [5.41, 5.74) is 2.21. The first-order chi connectivity index (χ1) is 11.3. The van der Waals surface area contributed by atoms with Crippen LogP contribution in [0.2, 0.25) is 0 Å². The maximum atomic E-state index is 12.5. The van der Waals surface area contributed by atoms with Gasteiger partial charge in [-0.25, -0.2) is 0 Å². The lowest BCUT2D eigenvalue weighted by Gasteiger charge is -2.16. The number of nitrogens with one attached hydrogen (secondary N) is 1. The number of aromatic nitrogens is 2. The minimum Gasteiger partial charge on any atom is -0.487 e. The van der Waals surface area contributed by atoms with Crippen molar-refractivity contribution in [3.05, 3.63) is 41.7 Å². The highest BCUT2D eigenvalue weighted by atomic mass is 16.5. The summed E-state index contributed by atoms with van der Waals surface area (Å²) >= 11 is 0. The number of amides is 1. The van der Waals surface area contributed by atoms with E-state index in [1.165, 1.54) is 0 Å². The summed E-state index contributed by atoms with van der Waals surface area (Å²) in [4.78, 5) is 14.5. The van der Waals surface area contributed by atoms with Crippen LogP contribution < -0.4 is 10.1 Å². The molecular weight excluding hydrogens is 304 g/mol. The number of benzene rings is 1. The lowest BCUT2D eigenvalue weighted by molar-refractivity contribution is 0.102. The van der Waals surface area contributed by atoms with Crippen LogP contribution in [0.3, 0.4) is 0 Å². The highest BCUT2D eigenvalue weighted by Crippen LogP contribution is 2.35. The summed E-state index contributed by atoms with van der Waals surface area (Å²) in [6, 6.07) is 5.58. The van der Waals surface area contributed by atoms with Gasteiger partial charge in [0.25, 0.3) is 5.91 Å². The number of hydrogen-bond donors (Lipinski definition) is 1. The third-order valence-electron chi connectivity index (χ3n) is 3.99. The maximum absolute atomic E-state index is 12.5. The summed E-state index contributed by atoms with van der Waals surface area (Å²) in [7, 11) is 4.04. The van der Waals surface area contributed by atoms with Gasteiger partial charge in [0, 0.05) is 24.7 Å². The zero-order chi connectivity index (χ0) is 17.3. The molecule has 0 aliphatic carbocycles. The minimum absolute atomic E-state index is 0.130. The van der Waals surface area contributed by atoms with E-state index in [2.05, 4.69) is 29.2 Å². The molecule has 2 heterocycles. The zero-order valence-electron chi connectivity index (χ0n) is 14.7. The Morgan fingerprint density at radius 3 is 2.96 bits per heavy atom. The number of fused-ring (bicyclic) bond motifs is 1. The number of rotatable bonds is 5. The first kappa shape index (κ1) is 16.5. The molecule has 1 aromatic carbocycles. The average molecular weight is 328 g/mol. The van der Waals surface area contributed by atoms with Crippen LogP contribution in [0.5, 0.6) is 5.75 Å². The molecule has 1 aromatic heterocycles. The van der Waals surface area contributed by atoms with E-state index >= 15 is 0 Å². The van der Waals surface area contributed by atoms with Gasteiger partial charge in [0.05, 0.1) is 18.4 Å². The summed E-state index contributed by atoms with van der Waals surface area (Å²) in [5.74, 6) is 0.739. The second kappa shape index (κ2) is 6.28. The predicted octanol–water partition coefficient (Wildman–Crippen LogP) is 2.41. The fourth-order valence-corrected chi connectivity index (χ4v) is 2.81. The molecule has 3 rings (SSSR count). The standard InChI is InChI=1S/C18H24N4O2/c1-18(2)10-14-9-13(5-6-16(14)24-18)17(23)20-15-11-19-22(12-15)8-7-21(3)4/h5-6,9,11-12H,7-8,10H2,1-4H3,(H,20,23). The van der Waals surface area contributed by atoms with Crippen LogP contribution in [0.1, 0.15) is 29.8 Å². The number of nitrogens with zero attached hydrogens (tertiary/aromatic N) is 3. The molecular formula is C18H24N4O2. The molecule has 6 nitrogen and oxygen atoms in total. The van der Waals surface area contributed by atoms with E-state index in [4.69, 9.17) is 4.74 Å². The van der Waals surface area contributed by atoms with Crippen molar-refractivity contribution in [2.24, 2.45) is 0 Å². The molecule has 1 N–H and O–H groups in total. The normalized spacial score (nSPS) is 15.2. The molecule has 1 amide bonds. The molecule has 0 unspecified atom stereocenters. The monoisotopic (exact) mass is 328 g/mol. The van der Waals surface area contributed by atoms with Crippen LogP contribution in [0.25, 0.3) is 0 Å². The molecule has 0 bridgehead atoms. The van der Waals surface area contributed by atoms with Crippen molar-refractivity contribution in [1.29, 1.82) is 0 Å². The lowest BCUT2D eigenvalue weighted by Crippen LogP contribution is -2.24. The number of likely N-dealkylation sites (N-methyl/N-ethyl adjacent to an activating group) is 1. The second-order valence-electron chi connectivity index (χ2n) is 7.11. The first-order valence-corrected chi connectivity index (χ1v) is 8.13. The van der Waals surface area contributed by atoms with E-state index in [0.29, 0.717) is 11.3 Å². The lowest BCUT2D eigenvalue weighted by atomic mass is 10.00. The number of carbonyl (C=O) groups is 1. The molecule has 2 aromatic rings. The summed E-state index contributed by atoms with van der Waals surface area (Å²) < 4.78 is 7.68. The largest absolute Gasteiger partial charge is 0.487 e. The van der Waals surface area contributed by atoms with Gasteiger partial charge in [0.1, 0.15) is 11.4 Å². The molecule has 24 heavy (non-hydrogen) atoms. The maximum Gasteiger partial charge on any atom is 0.255 e. The van der Waals surface area contributed by atoms with Gasteiger partial charge >= 0.3 is 0 Å². The molecule has 0 saturated heterocycles. The van der Waals surface area contributed by atoms with Crippen LogP contribution >= 0.6 is 0 Å². The van der Waals surface area contributed by atoms with Gasteiger partial charge in [-0.05, 0) is 51.7 Å². The molecule has 0 radical (unpaired) electrons. The summed E-state index contributed by atoms with van der Waals surface area (Å²) in [5, 5.41) is 7.17. The average Bonchev–Trinajstić information content (AvgIpc) is 3.06. The molecule has 0 saturated carbocycles. The van der Waals surface area contributed by atoms with Gasteiger partial charge in [-0.15, -0.1) is 0 Å². The first-order valence-electron chi connectivity index (χ1n) is 8.13. The third-order valence-corrected chi connectivity index (χ3v) is 3.99. The van der Waals surface area contributed by atoms with Gasteiger partial charge in [-0.1, -0.05) is 0 Å². The topological polar surface area (TPSA) is 59.4 Å². The Morgan fingerprint density at radius 2 is 2.21 bits per heavy atom. The van der Waals surface area contributed by atoms with Crippen LogP contribution in [-0.4, -0.2) is 46.8 Å². The van der Waals surface area contributed by atoms with Crippen LogP contribution in [0.15, 0.2) is 30.6 Å². The smallest absolute Gasteiger partial charge is 0.255 e. The van der Waals surface area contributed by atoms with Crippen molar-refractivity contribution in [3.8, 4) is 5.75 Å². The van der Waals surface area contributed by atoms with Crippen LogP contribution in [0, 0.1) is 0 Å². The minimum atomic E-state index is -0.203. The van der Waals surface area contributed by atoms with Crippen molar-refractivity contribution < 1.29 is 9.53 Å². The van der Waals surface area contributed by atoms with Crippen molar-refractivity contribution in [3.63, 3.8) is 0 Å². The fraction of sp³-hybridized carbons (Fsp3) is 0.444. The summed E-state index contributed by atoms with van der Waals surface area (Å²) in [6.07, 6.45) is 4.33. The molecule has 0 atom stereocenters. The Bertz CT molecular complexity index is 749. The zero-order valence-corrected chi connectivity index (χ0v) is 14.7. The number of anilines is 1. The van der Waals surface area contributed by atoms with Crippen molar-refractivity contribution in [1.82, 2.24) is 14.7 Å². The van der Waals surface area contributed by atoms with Crippen LogP contribution in [-0.2, 0) is 13.0 Å². The van der Waals surface area contributed by atoms with E-state index in [0.717, 1.165) is 30.8 Å². The Balaban J connectivity index is 1.66. The Morgan fingerprint density at radius 1 is 1.42 bits per heavy atom. The van der Waals surface area contributed by atoms with Gasteiger partial charge in [0.2, 0.25) is 0 Å². The van der Waals surface area contributed by atoms with Gasteiger partial charge < -0.3 is 15.0 Å². The predicted molar refractivity (Wildman–Crippen MR) is 93.6 cm³/mol. The molecule has 1 aliphatic rings. The fourth-order valence-electron chi connectivity index (χ4n) is 2.81. The SMILES string of the molecule is CN(C)CCn1cc(NC(=O)c2ccc3c(c2)CC(C)(C)O3)cn1. The van der Waals surface area contributed by atoms with Crippen molar-refractivity contribution in [2.45, 2.75) is 32.4 Å². The third kappa shape index (κ3) is 3.76. The highest BCUT2D eigenvalue weighted by molar-refractivity contribution is 6.04. The highest BCUT2D eigenvalue weighted by Gasteiger charge is 2.30.